The Hall–Kier alpha value is -3.28. The number of phenols is 1. The third-order valence-electron chi connectivity index (χ3n) is 6.04. The number of ketones is 1. The van der Waals surface area contributed by atoms with Crippen LogP contribution in [0.3, 0.4) is 0 Å². The number of anilines is 1. The summed E-state index contributed by atoms with van der Waals surface area (Å²) in [5.74, 6) is 1.50. The van der Waals surface area contributed by atoms with Crippen molar-refractivity contribution in [1.29, 1.82) is 0 Å². The molecule has 0 aliphatic carbocycles. The first kappa shape index (κ1) is 18.7. The Morgan fingerprint density at radius 2 is 1.97 bits per heavy atom. The molecule has 1 aromatic carbocycles. The van der Waals surface area contributed by atoms with Gasteiger partial charge in [-0.05, 0) is 42.5 Å². The average molecular weight is 403 g/mol. The van der Waals surface area contributed by atoms with Crippen LogP contribution in [0.25, 0.3) is 17.1 Å². The maximum absolute atomic E-state index is 12.9. The molecule has 4 heterocycles. The summed E-state index contributed by atoms with van der Waals surface area (Å²) < 4.78 is 7.77. The van der Waals surface area contributed by atoms with Crippen LogP contribution in [-0.2, 0) is 7.05 Å². The van der Waals surface area contributed by atoms with Crippen LogP contribution >= 0.6 is 0 Å². The number of aromatic nitrogens is 2. The van der Waals surface area contributed by atoms with Crippen molar-refractivity contribution in [3.8, 4) is 11.5 Å². The quantitative estimate of drug-likeness (QED) is 0.643. The van der Waals surface area contributed by atoms with E-state index in [9.17, 15) is 9.90 Å². The summed E-state index contributed by atoms with van der Waals surface area (Å²) in [6.45, 7) is 6.60. The van der Waals surface area contributed by atoms with Gasteiger partial charge in [0.1, 0.15) is 22.7 Å². The zero-order valence-corrected chi connectivity index (χ0v) is 17.4. The van der Waals surface area contributed by atoms with Gasteiger partial charge in [0.25, 0.3) is 0 Å². The summed E-state index contributed by atoms with van der Waals surface area (Å²) in [7, 11) is 1.96. The monoisotopic (exact) mass is 403 g/mol. The predicted octanol–water partition coefficient (Wildman–Crippen LogP) is 4.38. The number of nitrogens with zero attached hydrogens (tertiary/aromatic N) is 3. The van der Waals surface area contributed by atoms with Crippen LogP contribution in [0, 0.1) is 11.8 Å². The Bertz CT molecular complexity index is 1180. The van der Waals surface area contributed by atoms with Gasteiger partial charge in [-0.15, -0.1) is 0 Å². The maximum Gasteiger partial charge on any atom is 0.235 e. The van der Waals surface area contributed by atoms with E-state index in [1.165, 1.54) is 12.5 Å². The second-order valence-electron chi connectivity index (χ2n) is 8.67. The molecule has 154 valence electrons. The summed E-state index contributed by atoms with van der Waals surface area (Å²) >= 11 is 0. The van der Waals surface area contributed by atoms with E-state index in [0.717, 1.165) is 35.4 Å². The number of ether oxygens (including phenoxy) is 1. The summed E-state index contributed by atoms with van der Waals surface area (Å²) in [5, 5.41) is 11.1. The molecule has 1 saturated heterocycles. The van der Waals surface area contributed by atoms with Gasteiger partial charge in [0.15, 0.2) is 5.76 Å². The molecular weight excluding hydrogens is 378 g/mol. The molecule has 2 aliphatic heterocycles. The van der Waals surface area contributed by atoms with E-state index in [0.29, 0.717) is 17.6 Å². The lowest BCUT2D eigenvalue weighted by atomic mass is 9.91. The number of fused-ring (bicyclic) bond motifs is 2. The van der Waals surface area contributed by atoms with Gasteiger partial charge < -0.3 is 19.3 Å². The minimum atomic E-state index is -0.300. The Morgan fingerprint density at radius 3 is 2.70 bits per heavy atom. The number of aromatic hydroxyl groups is 1. The lowest BCUT2D eigenvalue weighted by Crippen LogP contribution is -2.38. The summed E-state index contributed by atoms with van der Waals surface area (Å²) in [4.78, 5) is 19.9. The standard InChI is InChI=1S/C24H25N3O3/c1-14-9-15(2)12-27(11-14)17-7-8-25-24-21(17)16(13-26(24)3)10-20-23(29)22-18(28)5-4-6-19(22)30-20/h4-8,10,13-15,28H,9,11-12H2,1-3H3/b20-10-. The van der Waals surface area contributed by atoms with Crippen LogP contribution in [0.1, 0.15) is 36.2 Å². The Kier molecular flexibility index (Phi) is 4.31. The van der Waals surface area contributed by atoms with Gasteiger partial charge in [0, 0.05) is 49.2 Å². The Balaban J connectivity index is 1.62. The molecule has 2 aliphatic rings. The lowest BCUT2D eigenvalue weighted by Gasteiger charge is -2.37. The van der Waals surface area contributed by atoms with Crippen LogP contribution in [-0.4, -0.2) is 33.5 Å². The van der Waals surface area contributed by atoms with Crippen molar-refractivity contribution in [3.05, 3.63) is 53.5 Å². The lowest BCUT2D eigenvalue weighted by molar-refractivity contribution is 0.101. The van der Waals surface area contributed by atoms with Gasteiger partial charge in [0.05, 0.1) is 0 Å². The number of rotatable bonds is 2. The molecule has 0 amide bonds. The molecule has 0 spiro atoms. The van der Waals surface area contributed by atoms with E-state index in [2.05, 4.69) is 29.8 Å². The summed E-state index contributed by atoms with van der Waals surface area (Å²) in [5.41, 5.74) is 3.12. The number of allylic oxidation sites excluding steroid dienone is 1. The third-order valence-corrected chi connectivity index (χ3v) is 6.04. The fourth-order valence-corrected chi connectivity index (χ4v) is 4.91. The summed E-state index contributed by atoms with van der Waals surface area (Å²) in [6.07, 6.45) is 6.83. The smallest absolute Gasteiger partial charge is 0.235 e. The number of aryl methyl sites for hydroxylation is 1. The SMILES string of the molecule is CC1CC(C)CN(c2ccnc3c2c(/C=C2\Oc4cccc(O)c4C2=O)cn3C)C1. The first-order valence-electron chi connectivity index (χ1n) is 10.4. The van der Waals surface area contributed by atoms with Crippen LogP contribution in [0.15, 0.2) is 42.4 Å². The Morgan fingerprint density at radius 1 is 1.20 bits per heavy atom. The number of piperidine rings is 1. The molecule has 0 saturated carbocycles. The van der Waals surface area contributed by atoms with Crippen LogP contribution in [0.2, 0.25) is 0 Å². The minimum absolute atomic E-state index is 0.0579. The van der Waals surface area contributed by atoms with Crippen molar-refractivity contribution in [2.45, 2.75) is 20.3 Å². The van der Waals surface area contributed by atoms with Gasteiger partial charge in [-0.25, -0.2) is 4.98 Å². The summed E-state index contributed by atoms with van der Waals surface area (Å²) in [6, 6.07) is 6.93. The average Bonchev–Trinajstić information content (AvgIpc) is 3.19. The molecule has 6 nitrogen and oxygen atoms in total. The van der Waals surface area contributed by atoms with E-state index >= 15 is 0 Å². The second kappa shape index (κ2) is 6.90. The first-order valence-corrected chi connectivity index (χ1v) is 10.4. The van der Waals surface area contributed by atoms with Crippen molar-refractivity contribution in [2.75, 3.05) is 18.0 Å². The van der Waals surface area contributed by atoms with Crippen molar-refractivity contribution < 1.29 is 14.6 Å². The van der Waals surface area contributed by atoms with Crippen LogP contribution in [0.4, 0.5) is 5.69 Å². The fourth-order valence-electron chi connectivity index (χ4n) is 4.91. The Labute approximate surface area is 175 Å². The molecule has 0 bridgehead atoms. The van der Waals surface area contributed by atoms with Gasteiger partial charge >= 0.3 is 0 Å². The fraction of sp³-hybridized carbons (Fsp3) is 0.333. The van der Waals surface area contributed by atoms with Gasteiger partial charge in [-0.3, -0.25) is 4.79 Å². The maximum atomic E-state index is 12.9. The molecular formula is C24H25N3O3. The van der Waals surface area contributed by atoms with Crippen molar-refractivity contribution in [3.63, 3.8) is 0 Å². The minimum Gasteiger partial charge on any atom is -0.507 e. The number of pyridine rings is 1. The zero-order valence-electron chi connectivity index (χ0n) is 17.4. The molecule has 1 N–H and O–H groups in total. The number of carbonyl (C=O) groups is 1. The number of benzene rings is 1. The van der Waals surface area contributed by atoms with E-state index in [-0.39, 0.29) is 22.9 Å². The number of carbonyl (C=O) groups excluding carboxylic acids is 1. The number of hydrogen-bond acceptors (Lipinski definition) is 5. The normalized spacial score (nSPS) is 22.6. The third kappa shape index (κ3) is 2.95. The van der Waals surface area contributed by atoms with Gasteiger partial charge in [-0.2, -0.15) is 0 Å². The van der Waals surface area contributed by atoms with E-state index in [1.807, 2.05) is 24.0 Å². The van der Waals surface area contributed by atoms with Crippen molar-refractivity contribution in [2.24, 2.45) is 18.9 Å². The molecule has 2 atom stereocenters. The first-order chi connectivity index (χ1) is 14.4. The molecule has 2 aromatic heterocycles. The number of hydrogen-bond donors (Lipinski definition) is 1. The highest BCUT2D eigenvalue weighted by atomic mass is 16.5. The van der Waals surface area contributed by atoms with Gasteiger partial charge in [-0.1, -0.05) is 19.9 Å². The molecule has 1 fully saturated rings. The molecule has 30 heavy (non-hydrogen) atoms. The van der Waals surface area contributed by atoms with Crippen LogP contribution in [0.5, 0.6) is 11.5 Å². The van der Waals surface area contributed by atoms with E-state index < -0.39 is 0 Å². The van der Waals surface area contributed by atoms with Crippen molar-refractivity contribution >= 4 is 28.6 Å². The topological polar surface area (TPSA) is 67.6 Å². The highest BCUT2D eigenvalue weighted by molar-refractivity contribution is 6.17. The van der Waals surface area contributed by atoms with Crippen LogP contribution < -0.4 is 9.64 Å². The highest BCUT2D eigenvalue weighted by Crippen LogP contribution is 2.39. The molecule has 3 aromatic rings. The largest absolute Gasteiger partial charge is 0.507 e. The molecule has 5 rings (SSSR count). The van der Waals surface area contributed by atoms with E-state index in [4.69, 9.17) is 4.74 Å². The molecule has 0 radical (unpaired) electrons. The predicted molar refractivity (Wildman–Crippen MR) is 117 cm³/mol. The second-order valence-corrected chi connectivity index (χ2v) is 8.67. The zero-order chi connectivity index (χ0) is 21.0. The van der Waals surface area contributed by atoms with Crippen molar-refractivity contribution in [1.82, 2.24) is 9.55 Å². The number of Topliss-reactive ketones (excluding diaryl/α,β-unsaturated/α-hetero) is 1. The highest BCUT2D eigenvalue weighted by Gasteiger charge is 2.31. The van der Waals surface area contributed by atoms with E-state index in [1.54, 1.807) is 18.2 Å². The molecule has 2 unspecified atom stereocenters. The van der Waals surface area contributed by atoms with Gasteiger partial charge in [0.2, 0.25) is 5.78 Å². The number of phenolic OH excluding ortho intramolecular Hbond substituents is 1. The molecule has 6 heteroatoms.